The number of nitrogens with one attached hydrogen (secondary N) is 1. The molecule has 37 heavy (non-hydrogen) atoms. The Labute approximate surface area is 215 Å². The van der Waals surface area contributed by atoms with Crippen molar-refractivity contribution in [2.75, 3.05) is 0 Å². The number of hydrogen-bond acceptors (Lipinski definition) is 3. The van der Waals surface area contributed by atoms with Gasteiger partial charge in [0.2, 0.25) is 5.91 Å². The van der Waals surface area contributed by atoms with Crippen molar-refractivity contribution in [2.24, 2.45) is 0 Å². The molecule has 188 valence electrons. The first kappa shape index (κ1) is 25.8. The van der Waals surface area contributed by atoms with Crippen LogP contribution in [0.4, 0.5) is 8.78 Å². The number of amides is 1. The molecule has 1 amide bonds. The summed E-state index contributed by atoms with van der Waals surface area (Å²) < 4.78 is 29.6. The Bertz CT molecular complexity index is 1490. The lowest BCUT2D eigenvalue weighted by Crippen LogP contribution is -2.39. The van der Waals surface area contributed by atoms with Crippen molar-refractivity contribution >= 4 is 23.0 Å². The topological polar surface area (TPSA) is 70.7 Å². The van der Waals surface area contributed by atoms with E-state index in [1.54, 1.807) is 30.3 Å². The van der Waals surface area contributed by atoms with Gasteiger partial charge in [0.25, 0.3) is 0 Å². The number of aromatic nitrogens is 2. The Morgan fingerprint density at radius 2 is 1.57 bits per heavy atom. The maximum Gasteiger partial charge on any atom is 0.244 e. The van der Waals surface area contributed by atoms with E-state index in [0.717, 1.165) is 11.3 Å². The fraction of sp³-hybridized carbons (Fsp3) is 0.233. The Kier molecular flexibility index (Phi) is 6.95. The van der Waals surface area contributed by atoms with E-state index in [2.05, 4.69) is 11.4 Å². The molecule has 2 heterocycles. The van der Waals surface area contributed by atoms with Crippen molar-refractivity contribution < 1.29 is 13.6 Å². The molecule has 7 heteroatoms. The van der Waals surface area contributed by atoms with Gasteiger partial charge in [-0.3, -0.25) is 4.79 Å². The summed E-state index contributed by atoms with van der Waals surface area (Å²) >= 11 is 0. The Morgan fingerprint density at radius 3 is 2.05 bits per heavy atom. The lowest BCUT2D eigenvalue weighted by atomic mass is 9.97. The van der Waals surface area contributed by atoms with Gasteiger partial charge in [-0.15, -0.1) is 0 Å². The van der Waals surface area contributed by atoms with E-state index in [9.17, 15) is 18.8 Å². The molecule has 0 unspecified atom stereocenters. The minimum absolute atomic E-state index is 0.311. The van der Waals surface area contributed by atoms with Crippen LogP contribution in [0.15, 0.2) is 60.7 Å². The van der Waals surface area contributed by atoms with Gasteiger partial charge in [-0.2, -0.15) is 5.26 Å². The van der Waals surface area contributed by atoms with E-state index in [1.165, 1.54) is 30.3 Å². The predicted octanol–water partition coefficient (Wildman–Crippen LogP) is 6.37. The van der Waals surface area contributed by atoms with Crippen LogP contribution in [0, 0.1) is 36.8 Å². The molecule has 0 saturated carbocycles. The van der Waals surface area contributed by atoms with Crippen LogP contribution in [0.2, 0.25) is 0 Å². The number of halogens is 2. The minimum Gasteiger partial charge on any atom is -0.348 e. The number of aryl methyl sites for hydroxylation is 2. The molecule has 0 atom stereocenters. The van der Waals surface area contributed by atoms with Crippen molar-refractivity contribution in [2.45, 2.75) is 46.2 Å². The highest BCUT2D eigenvalue weighted by Crippen LogP contribution is 2.37. The average Bonchev–Trinajstić information content (AvgIpc) is 3.12. The van der Waals surface area contributed by atoms with Gasteiger partial charge in [-0.1, -0.05) is 24.3 Å². The summed E-state index contributed by atoms with van der Waals surface area (Å²) in [5.74, 6) is -1.09. The highest BCUT2D eigenvalue weighted by atomic mass is 19.1. The van der Waals surface area contributed by atoms with Crippen LogP contribution in [0.3, 0.4) is 0 Å². The molecule has 0 aliphatic heterocycles. The first-order valence-corrected chi connectivity index (χ1v) is 11.9. The summed E-state index contributed by atoms with van der Waals surface area (Å²) in [6.45, 7) is 9.42. The van der Waals surface area contributed by atoms with Crippen LogP contribution in [0.5, 0.6) is 0 Å². The third kappa shape index (κ3) is 5.44. The zero-order valence-corrected chi connectivity index (χ0v) is 21.4. The van der Waals surface area contributed by atoms with Crippen molar-refractivity contribution in [1.82, 2.24) is 14.9 Å². The van der Waals surface area contributed by atoms with Crippen LogP contribution in [-0.4, -0.2) is 21.0 Å². The summed E-state index contributed by atoms with van der Waals surface area (Å²) in [5.41, 5.74) is 3.99. The van der Waals surface area contributed by atoms with E-state index >= 15 is 0 Å². The molecular formula is C30H28F2N4O. The number of fused-ring (bicyclic) bond motifs is 1. The summed E-state index contributed by atoms with van der Waals surface area (Å²) in [4.78, 5) is 17.5. The molecule has 4 rings (SSSR count). The third-order valence-corrected chi connectivity index (χ3v) is 5.95. The van der Waals surface area contributed by atoms with Crippen LogP contribution >= 0.6 is 0 Å². The molecule has 0 radical (unpaired) electrons. The molecule has 0 fully saturated rings. The third-order valence-electron chi connectivity index (χ3n) is 5.95. The van der Waals surface area contributed by atoms with Gasteiger partial charge < -0.3 is 9.88 Å². The van der Waals surface area contributed by atoms with Gasteiger partial charge >= 0.3 is 0 Å². The zero-order chi connectivity index (χ0) is 26.9. The first-order chi connectivity index (χ1) is 17.5. The summed E-state index contributed by atoms with van der Waals surface area (Å²) in [6.07, 6.45) is 3.00. The van der Waals surface area contributed by atoms with Crippen molar-refractivity contribution in [3.8, 4) is 6.07 Å². The van der Waals surface area contributed by atoms with Crippen LogP contribution in [0.1, 0.15) is 60.5 Å². The standard InChI is InChI=1S/C30H28F2N4O/c1-18-16-19(2)34-29-27(18)24(17-33)25(14-15-26(37)35-30(3,4)5)36(29)28(20-6-10-22(31)11-7-20)21-8-12-23(32)13-9-21/h6-16,28H,1-5H3,(H,35,37). The van der Waals surface area contributed by atoms with Crippen molar-refractivity contribution in [3.05, 3.63) is 106 Å². The zero-order valence-electron chi connectivity index (χ0n) is 21.4. The normalized spacial score (nSPS) is 11.9. The molecule has 4 aromatic rings. The Morgan fingerprint density at radius 1 is 1.03 bits per heavy atom. The number of benzene rings is 2. The van der Waals surface area contributed by atoms with Crippen molar-refractivity contribution in [1.29, 1.82) is 5.26 Å². The quantitative estimate of drug-likeness (QED) is 0.325. The number of carbonyl (C=O) groups excluding carboxylic acids is 1. The minimum atomic E-state index is -0.579. The maximum absolute atomic E-state index is 13.9. The Balaban J connectivity index is 2.07. The summed E-state index contributed by atoms with van der Waals surface area (Å²) in [6, 6.07) is 15.7. The SMILES string of the molecule is Cc1cc(C)c2c(C#N)c(C=CC(=O)NC(C)(C)C)n(C(c3ccc(F)cc3)c3ccc(F)cc3)c2n1. The fourth-order valence-corrected chi connectivity index (χ4v) is 4.55. The van der Waals surface area contributed by atoms with E-state index in [-0.39, 0.29) is 17.5 Å². The van der Waals surface area contributed by atoms with E-state index in [4.69, 9.17) is 4.98 Å². The fourth-order valence-electron chi connectivity index (χ4n) is 4.55. The number of hydrogen-bond donors (Lipinski definition) is 1. The highest BCUT2D eigenvalue weighted by molar-refractivity contribution is 5.96. The number of nitrogens with zero attached hydrogens (tertiary/aromatic N) is 3. The molecule has 0 saturated heterocycles. The van der Waals surface area contributed by atoms with E-state index < -0.39 is 11.6 Å². The second-order valence-corrected chi connectivity index (χ2v) is 10.1. The molecular weight excluding hydrogens is 470 g/mol. The van der Waals surface area contributed by atoms with Crippen LogP contribution < -0.4 is 5.32 Å². The van der Waals surface area contributed by atoms with Crippen molar-refractivity contribution in [3.63, 3.8) is 0 Å². The summed E-state index contributed by atoms with van der Waals surface area (Å²) in [5, 5.41) is 13.8. The predicted molar refractivity (Wildman–Crippen MR) is 141 cm³/mol. The smallest absolute Gasteiger partial charge is 0.244 e. The lowest BCUT2D eigenvalue weighted by Gasteiger charge is -2.23. The van der Waals surface area contributed by atoms with Gasteiger partial charge in [-0.25, -0.2) is 13.8 Å². The largest absolute Gasteiger partial charge is 0.348 e. The first-order valence-electron chi connectivity index (χ1n) is 11.9. The second kappa shape index (κ2) is 9.98. The average molecular weight is 499 g/mol. The van der Waals surface area contributed by atoms with E-state index in [0.29, 0.717) is 33.4 Å². The number of carbonyl (C=O) groups is 1. The monoisotopic (exact) mass is 498 g/mol. The molecule has 2 aromatic carbocycles. The maximum atomic E-state index is 13.9. The van der Waals surface area contributed by atoms with Crippen LogP contribution in [0.25, 0.3) is 17.1 Å². The molecule has 1 N–H and O–H groups in total. The number of pyridine rings is 1. The molecule has 0 bridgehead atoms. The second-order valence-electron chi connectivity index (χ2n) is 10.1. The Hall–Kier alpha value is -4.31. The van der Waals surface area contributed by atoms with Gasteiger partial charge in [0.15, 0.2) is 0 Å². The van der Waals surface area contributed by atoms with Gasteiger partial charge in [0, 0.05) is 22.7 Å². The number of nitriles is 1. The van der Waals surface area contributed by atoms with E-state index in [1.807, 2.05) is 45.3 Å². The number of rotatable bonds is 5. The van der Waals surface area contributed by atoms with Gasteiger partial charge in [0.05, 0.1) is 17.3 Å². The van der Waals surface area contributed by atoms with Gasteiger partial charge in [0.1, 0.15) is 23.4 Å². The summed E-state index contributed by atoms with van der Waals surface area (Å²) in [7, 11) is 0. The molecule has 0 aliphatic rings. The van der Waals surface area contributed by atoms with Crippen LogP contribution in [-0.2, 0) is 4.79 Å². The lowest BCUT2D eigenvalue weighted by molar-refractivity contribution is -0.117. The molecule has 2 aromatic heterocycles. The molecule has 0 spiro atoms. The van der Waals surface area contributed by atoms with Gasteiger partial charge in [-0.05, 0) is 87.7 Å². The molecule has 5 nitrogen and oxygen atoms in total. The molecule has 0 aliphatic carbocycles. The highest BCUT2D eigenvalue weighted by Gasteiger charge is 2.27.